The molecule has 0 aliphatic carbocycles. The fourth-order valence-corrected chi connectivity index (χ4v) is 2.81. The first kappa shape index (κ1) is 12.0. The fourth-order valence-electron chi connectivity index (χ4n) is 1.96. The van der Waals surface area contributed by atoms with Crippen molar-refractivity contribution in [2.75, 3.05) is 12.9 Å². The van der Waals surface area contributed by atoms with Crippen LogP contribution in [0.3, 0.4) is 0 Å². The van der Waals surface area contributed by atoms with Crippen molar-refractivity contribution in [1.29, 1.82) is 0 Å². The lowest BCUT2D eigenvalue weighted by molar-refractivity contribution is 0.412. The van der Waals surface area contributed by atoms with Gasteiger partial charge in [-0.3, -0.25) is 0 Å². The Hall–Kier alpha value is -1.42. The summed E-state index contributed by atoms with van der Waals surface area (Å²) >= 11 is 1.59. The molecule has 4 heteroatoms. The summed E-state index contributed by atoms with van der Waals surface area (Å²) in [5.74, 6) is 1.79. The molecule has 1 aliphatic rings. The van der Waals surface area contributed by atoms with Crippen molar-refractivity contribution in [3.63, 3.8) is 0 Å². The Bertz CT molecular complexity index is 458. The molecule has 1 atom stereocenters. The summed E-state index contributed by atoms with van der Waals surface area (Å²) in [5.41, 5.74) is 6.51. The zero-order chi connectivity index (χ0) is 12.3. The summed E-state index contributed by atoms with van der Waals surface area (Å²) in [6, 6.07) is 7.92. The van der Waals surface area contributed by atoms with Gasteiger partial charge in [0.25, 0.3) is 0 Å². The number of ether oxygens (including phenoxy) is 1. The molecule has 0 fully saturated rings. The minimum Gasteiger partial charge on any atom is -0.497 e. The van der Waals surface area contributed by atoms with E-state index in [1.807, 2.05) is 30.3 Å². The fraction of sp³-hybridized carbons (Fsp3) is 0.308. The van der Waals surface area contributed by atoms with E-state index < -0.39 is 5.54 Å². The van der Waals surface area contributed by atoms with Crippen molar-refractivity contribution >= 4 is 16.9 Å². The number of methoxy groups -OCH3 is 1. The molecule has 0 saturated heterocycles. The van der Waals surface area contributed by atoms with Gasteiger partial charge >= 0.3 is 0 Å². The maximum atomic E-state index is 5.83. The first-order valence-electron chi connectivity index (χ1n) is 5.46. The number of amidine groups is 1. The van der Waals surface area contributed by atoms with Crippen LogP contribution in [0.1, 0.15) is 12.0 Å². The summed E-state index contributed by atoms with van der Waals surface area (Å²) < 4.78 is 5.24. The van der Waals surface area contributed by atoms with E-state index >= 15 is 0 Å². The van der Waals surface area contributed by atoms with Gasteiger partial charge in [0, 0.05) is 5.75 Å². The van der Waals surface area contributed by atoms with E-state index in [9.17, 15) is 0 Å². The zero-order valence-corrected chi connectivity index (χ0v) is 10.7. The normalized spacial score (nSPS) is 23.9. The Morgan fingerprint density at radius 3 is 3.06 bits per heavy atom. The molecule has 0 aromatic heterocycles. The highest BCUT2D eigenvalue weighted by Gasteiger charge is 2.31. The Kier molecular flexibility index (Phi) is 3.43. The SMILES string of the molecule is C=CC1(c2cccc(OC)c2)CCSC(N)=N1. The third kappa shape index (κ3) is 2.31. The highest BCUT2D eigenvalue weighted by atomic mass is 32.2. The van der Waals surface area contributed by atoms with E-state index in [-0.39, 0.29) is 0 Å². The number of rotatable bonds is 3. The molecule has 0 bridgehead atoms. The molecule has 2 N–H and O–H groups in total. The average molecular weight is 248 g/mol. The van der Waals surface area contributed by atoms with Gasteiger partial charge in [0.1, 0.15) is 11.3 Å². The summed E-state index contributed by atoms with van der Waals surface area (Å²) in [7, 11) is 1.66. The van der Waals surface area contributed by atoms with Gasteiger partial charge in [-0.1, -0.05) is 30.0 Å². The van der Waals surface area contributed by atoms with Gasteiger partial charge in [0.05, 0.1) is 7.11 Å². The molecule has 1 heterocycles. The highest BCUT2D eigenvalue weighted by molar-refractivity contribution is 8.13. The quantitative estimate of drug-likeness (QED) is 0.836. The van der Waals surface area contributed by atoms with Crippen LogP contribution < -0.4 is 10.5 Å². The number of aliphatic imine (C=N–C) groups is 1. The van der Waals surface area contributed by atoms with Crippen LogP contribution in [-0.2, 0) is 5.54 Å². The smallest absolute Gasteiger partial charge is 0.155 e. The molecule has 1 aliphatic heterocycles. The van der Waals surface area contributed by atoms with Crippen LogP contribution in [0.2, 0.25) is 0 Å². The number of nitrogens with two attached hydrogens (primary N) is 1. The first-order chi connectivity index (χ1) is 8.20. The van der Waals surface area contributed by atoms with Crippen LogP contribution in [-0.4, -0.2) is 18.0 Å². The predicted molar refractivity (Wildman–Crippen MR) is 73.6 cm³/mol. The maximum absolute atomic E-state index is 5.83. The Morgan fingerprint density at radius 2 is 2.41 bits per heavy atom. The standard InChI is InChI=1S/C13H16N2OS/c1-3-13(7-8-17-12(14)15-13)10-5-4-6-11(9-10)16-2/h3-6,9H,1,7-8H2,2H3,(H2,14,15). The summed E-state index contributed by atoms with van der Waals surface area (Å²) in [4.78, 5) is 4.56. The highest BCUT2D eigenvalue weighted by Crippen LogP contribution is 2.37. The van der Waals surface area contributed by atoms with Gasteiger partial charge in [-0.25, -0.2) is 4.99 Å². The molecule has 2 rings (SSSR count). The van der Waals surface area contributed by atoms with E-state index in [0.29, 0.717) is 5.17 Å². The molecule has 0 radical (unpaired) electrons. The zero-order valence-electron chi connectivity index (χ0n) is 9.85. The molecule has 0 saturated carbocycles. The van der Waals surface area contributed by atoms with Gasteiger partial charge < -0.3 is 10.5 Å². The molecular weight excluding hydrogens is 232 g/mol. The third-order valence-electron chi connectivity index (χ3n) is 2.95. The summed E-state index contributed by atoms with van der Waals surface area (Å²) in [5, 5.41) is 0.624. The lowest BCUT2D eigenvalue weighted by Crippen LogP contribution is -2.29. The van der Waals surface area contributed by atoms with Crippen molar-refractivity contribution in [1.82, 2.24) is 0 Å². The van der Waals surface area contributed by atoms with Crippen LogP contribution >= 0.6 is 11.8 Å². The molecule has 3 nitrogen and oxygen atoms in total. The average Bonchev–Trinajstić information content (AvgIpc) is 2.38. The van der Waals surface area contributed by atoms with Crippen molar-refractivity contribution < 1.29 is 4.74 Å². The van der Waals surface area contributed by atoms with Gasteiger partial charge in [-0.05, 0) is 24.1 Å². The van der Waals surface area contributed by atoms with Crippen molar-refractivity contribution in [2.24, 2.45) is 10.7 Å². The van der Waals surface area contributed by atoms with Crippen LogP contribution in [0.15, 0.2) is 41.9 Å². The topological polar surface area (TPSA) is 47.6 Å². The van der Waals surface area contributed by atoms with E-state index in [2.05, 4.69) is 11.6 Å². The van der Waals surface area contributed by atoms with Crippen LogP contribution in [0.25, 0.3) is 0 Å². The summed E-state index contributed by atoms with van der Waals surface area (Å²) in [6.45, 7) is 3.91. The van der Waals surface area contributed by atoms with E-state index in [0.717, 1.165) is 23.5 Å². The van der Waals surface area contributed by atoms with Gasteiger partial charge in [0.2, 0.25) is 0 Å². The predicted octanol–water partition coefficient (Wildman–Crippen LogP) is 2.53. The molecular formula is C13H16N2OS. The van der Waals surface area contributed by atoms with Gasteiger partial charge in [0.15, 0.2) is 5.17 Å². The first-order valence-corrected chi connectivity index (χ1v) is 6.45. The number of nitrogens with zero attached hydrogens (tertiary/aromatic N) is 1. The largest absolute Gasteiger partial charge is 0.497 e. The van der Waals surface area contributed by atoms with E-state index in [1.165, 1.54) is 0 Å². The molecule has 17 heavy (non-hydrogen) atoms. The Morgan fingerprint density at radius 1 is 1.59 bits per heavy atom. The van der Waals surface area contributed by atoms with E-state index in [4.69, 9.17) is 10.5 Å². The minimum atomic E-state index is -0.399. The second kappa shape index (κ2) is 4.84. The molecule has 1 aromatic rings. The van der Waals surface area contributed by atoms with Crippen molar-refractivity contribution in [3.8, 4) is 5.75 Å². The number of benzene rings is 1. The third-order valence-corrected chi connectivity index (χ3v) is 3.75. The van der Waals surface area contributed by atoms with Crippen molar-refractivity contribution in [3.05, 3.63) is 42.5 Å². The number of hydrogen-bond acceptors (Lipinski definition) is 4. The second-order valence-electron chi connectivity index (χ2n) is 3.91. The minimum absolute atomic E-state index is 0.399. The van der Waals surface area contributed by atoms with Crippen LogP contribution in [0, 0.1) is 0 Å². The van der Waals surface area contributed by atoms with E-state index in [1.54, 1.807) is 18.9 Å². The number of hydrogen-bond donors (Lipinski definition) is 1. The second-order valence-corrected chi connectivity index (χ2v) is 5.02. The monoisotopic (exact) mass is 248 g/mol. The Labute approximate surface area is 106 Å². The lowest BCUT2D eigenvalue weighted by atomic mass is 9.88. The lowest BCUT2D eigenvalue weighted by Gasteiger charge is -2.30. The molecule has 0 spiro atoms. The maximum Gasteiger partial charge on any atom is 0.155 e. The van der Waals surface area contributed by atoms with Crippen molar-refractivity contribution in [2.45, 2.75) is 12.0 Å². The molecule has 0 amide bonds. The van der Waals surface area contributed by atoms with Crippen LogP contribution in [0.5, 0.6) is 5.75 Å². The Balaban J connectivity index is 2.47. The molecule has 1 unspecified atom stereocenters. The number of thioether (sulfide) groups is 1. The van der Waals surface area contributed by atoms with Gasteiger partial charge in [-0.15, -0.1) is 6.58 Å². The summed E-state index contributed by atoms with van der Waals surface area (Å²) in [6.07, 6.45) is 2.78. The molecule has 90 valence electrons. The van der Waals surface area contributed by atoms with Gasteiger partial charge in [-0.2, -0.15) is 0 Å². The van der Waals surface area contributed by atoms with Crippen LogP contribution in [0.4, 0.5) is 0 Å². The molecule has 1 aromatic carbocycles.